The van der Waals surface area contributed by atoms with Crippen LogP contribution < -0.4 is 5.32 Å². The van der Waals surface area contributed by atoms with E-state index in [-0.39, 0.29) is 6.61 Å². The van der Waals surface area contributed by atoms with Crippen molar-refractivity contribution in [1.29, 1.82) is 0 Å². The van der Waals surface area contributed by atoms with Gasteiger partial charge in [0.25, 0.3) is 0 Å². The minimum Gasteiger partial charge on any atom is -0.391 e. The predicted octanol–water partition coefficient (Wildman–Crippen LogP) is 1.45. The van der Waals surface area contributed by atoms with Crippen molar-refractivity contribution in [2.24, 2.45) is 0 Å². The van der Waals surface area contributed by atoms with Gasteiger partial charge in [0.2, 0.25) is 0 Å². The number of halogens is 2. The molecule has 2 N–H and O–H groups in total. The topological polar surface area (TPSA) is 41.5 Å². The Morgan fingerprint density at radius 3 is 2.82 bits per heavy atom. The van der Waals surface area contributed by atoms with E-state index in [0.29, 0.717) is 25.1 Å². The lowest BCUT2D eigenvalue weighted by Crippen LogP contribution is -2.23. The first kappa shape index (κ1) is 14.0. The zero-order chi connectivity index (χ0) is 12.7. The number of hydrogen-bond donors (Lipinski definition) is 2. The smallest absolute Gasteiger partial charge is 0.130 e. The molecule has 1 unspecified atom stereocenters. The van der Waals surface area contributed by atoms with Gasteiger partial charge in [0.15, 0.2) is 0 Å². The Morgan fingerprint density at radius 2 is 2.18 bits per heavy atom. The average Bonchev–Trinajstić information content (AvgIpc) is 2.27. The summed E-state index contributed by atoms with van der Waals surface area (Å²) in [5.74, 6) is -1.14. The van der Waals surface area contributed by atoms with Crippen molar-refractivity contribution in [2.45, 2.75) is 19.1 Å². The Labute approximate surface area is 99.4 Å². The molecule has 3 nitrogen and oxygen atoms in total. The minimum atomic E-state index is -0.582. The van der Waals surface area contributed by atoms with Crippen LogP contribution in [0.2, 0.25) is 0 Å². The second kappa shape index (κ2) is 7.32. The van der Waals surface area contributed by atoms with Gasteiger partial charge in [-0.25, -0.2) is 8.78 Å². The molecule has 0 bridgehead atoms. The quantitative estimate of drug-likeness (QED) is 0.714. The molecule has 1 aromatic rings. The molecule has 17 heavy (non-hydrogen) atoms. The summed E-state index contributed by atoms with van der Waals surface area (Å²) < 4.78 is 30.6. The summed E-state index contributed by atoms with van der Waals surface area (Å²) in [6, 6.07) is 3.49. The molecule has 1 atom stereocenters. The summed E-state index contributed by atoms with van der Waals surface area (Å²) >= 11 is 0. The van der Waals surface area contributed by atoms with E-state index >= 15 is 0 Å². The summed E-state index contributed by atoms with van der Waals surface area (Å²) in [5, 5.41) is 12.3. The summed E-state index contributed by atoms with van der Waals surface area (Å²) in [6.45, 7) is 1.14. The van der Waals surface area contributed by atoms with Gasteiger partial charge in [-0.2, -0.15) is 0 Å². The van der Waals surface area contributed by atoms with E-state index in [2.05, 4.69) is 5.32 Å². The predicted molar refractivity (Wildman–Crippen MR) is 60.6 cm³/mol. The second-order valence-corrected chi connectivity index (χ2v) is 3.81. The fraction of sp³-hybridized carbons (Fsp3) is 0.500. The van der Waals surface area contributed by atoms with Crippen LogP contribution in [0, 0.1) is 11.6 Å². The Bertz CT molecular complexity index is 347. The number of nitrogens with one attached hydrogen (secondary N) is 1. The van der Waals surface area contributed by atoms with Crippen molar-refractivity contribution in [3.63, 3.8) is 0 Å². The molecule has 0 heterocycles. The molecule has 0 aliphatic carbocycles. The van der Waals surface area contributed by atoms with Crippen LogP contribution in [0.25, 0.3) is 0 Å². The molecule has 0 saturated heterocycles. The summed E-state index contributed by atoms with van der Waals surface area (Å²) in [5.41, 5.74) is 0.410. The molecule has 0 radical (unpaired) electrons. The van der Waals surface area contributed by atoms with E-state index in [9.17, 15) is 13.9 Å². The van der Waals surface area contributed by atoms with Crippen molar-refractivity contribution >= 4 is 0 Å². The van der Waals surface area contributed by atoms with Gasteiger partial charge in [-0.1, -0.05) is 6.07 Å². The van der Waals surface area contributed by atoms with Crippen LogP contribution in [0.4, 0.5) is 8.78 Å². The molecule has 0 aromatic heterocycles. The van der Waals surface area contributed by atoms with Crippen molar-refractivity contribution in [3.8, 4) is 0 Å². The lowest BCUT2D eigenvalue weighted by molar-refractivity contribution is 0.0594. The highest BCUT2D eigenvalue weighted by Gasteiger charge is 2.05. The first-order chi connectivity index (χ1) is 8.13. The Morgan fingerprint density at radius 1 is 1.41 bits per heavy atom. The highest BCUT2D eigenvalue weighted by Crippen LogP contribution is 2.08. The average molecular weight is 245 g/mol. The first-order valence-electron chi connectivity index (χ1n) is 5.45. The van der Waals surface area contributed by atoms with Crippen LogP contribution in [0.15, 0.2) is 18.2 Å². The van der Waals surface area contributed by atoms with Crippen molar-refractivity contribution in [3.05, 3.63) is 35.4 Å². The maximum Gasteiger partial charge on any atom is 0.130 e. The van der Waals surface area contributed by atoms with Crippen LogP contribution in [-0.4, -0.2) is 31.5 Å². The standard InChI is InChI=1S/C12H17F2NO2/c1-17-8-11(16)4-5-15-7-9-2-3-10(13)6-12(9)14/h2-3,6,11,15-16H,4-5,7-8H2,1H3. The van der Waals surface area contributed by atoms with E-state index in [1.165, 1.54) is 19.2 Å². The molecule has 96 valence electrons. The minimum absolute atomic E-state index is 0.284. The molecule has 0 aliphatic heterocycles. The Kier molecular flexibility index (Phi) is 6.04. The SMILES string of the molecule is COCC(O)CCNCc1ccc(F)cc1F. The highest BCUT2D eigenvalue weighted by atomic mass is 19.1. The van der Waals surface area contributed by atoms with Gasteiger partial charge in [-0.15, -0.1) is 0 Å². The van der Waals surface area contributed by atoms with Gasteiger partial charge in [-0.3, -0.25) is 0 Å². The van der Waals surface area contributed by atoms with E-state index in [4.69, 9.17) is 4.74 Å². The van der Waals surface area contributed by atoms with Gasteiger partial charge in [-0.05, 0) is 19.0 Å². The number of hydrogen-bond acceptors (Lipinski definition) is 3. The van der Waals surface area contributed by atoms with Crippen LogP contribution in [-0.2, 0) is 11.3 Å². The van der Waals surface area contributed by atoms with Crippen LogP contribution in [0.1, 0.15) is 12.0 Å². The molecule has 0 aliphatic rings. The third-order valence-electron chi connectivity index (χ3n) is 2.34. The fourth-order valence-electron chi connectivity index (χ4n) is 1.43. The number of benzene rings is 1. The first-order valence-corrected chi connectivity index (χ1v) is 5.45. The summed E-state index contributed by atoms with van der Waals surface area (Å²) in [6.07, 6.45) is 0.00183. The zero-order valence-electron chi connectivity index (χ0n) is 9.75. The monoisotopic (exact) mass is 245 g/mol. The van der Waals surface area contributed by atoms with E-state index in [1.54, 1.807) is 0 Å². The molecule has 0 spiro atoms. The fourth-order valence-corrected chi connectivity index (χ4v) is 1.43. The summed E-state index contributed by atoms with van der Waals surface area (Å²) in [4.78, 5) is 0. The van der Waals surface area contributed by atoms with Crippen LogP contribution in [0.3, 0.4) is 0 Å². The third-order valence-corrected chi connectivity index (χ3v) is 2.34. The van der Waals surface area contributed by atoms with Crippen molar-refractivity contribution in [2.75, 3.05) is 20.3 Å². The second-order valence-electron chi connectivity index (χ2n) is 3.81. The molecule has 1 rings (SSSR count). The van der Waals surface area contributed by atoms with Crippen LogP contribution in [0.5, 0.6) is 0 Å². The number of ether oxygens (including phenoxy) is 1. The Hall–Kier alpha value is -1.04. The van der Waals surface area contributed by atoms with Gasteiger partial charge in [0.05, 0.1) is 12.7 Å². The molecule has 0 saturated carbocycles. The van der Waals surface area contributed by atoms with E-state index in [0.717, 1.165) is 6.07 Å². The maximum absolute atomic E-state index is 13.2. The van der Waals surface area contributed by atoms with Crippen molar-refractivity contribution < 1.29 is 18.6 Å². The maximum atomic E-state index is 13.2. The lowest BCUT2D eigenvalue weighted by Gasteiger charge is -2.10. The number of aliphatic hydroxyl groups excluding tert-OH is 1. The number of aliphatic hydroxyl groups is 1. The number of rotatable bonds is 7. The lowest BCUT2D eigenvalue weighted by atomic mass is 10.2. The zero-order valence-corrected chi connectivity index (χ0v) is 9.75. The highest BCUT2D eigenvalue weighted by molar-refractivity contribution is 5.18. The molecular weight excluding hydrogens is 228 g/mol. The van der Waals surface area contributed by atoms with Gasteiger partial charge in [0, 0.05) is 25.3 Å². The third kappa shape index (κ3) is 5.21. The number of methoxy groups -OCH3 is 1. The molecule has 0 amide bonds. The summed E-state index contributed by atoms with van der Waals surface area (Å²) in [7, 11) is 1.52. The molecule has 0 fully saturated rings. The molecular formula is C12H17F2NO2. The van der Waals surface area contributed by atoms with Gasteiger partial charge in [0.1, 0.15) is 11.6 Å². The Balaban J connectivity index is 2.26. The van der Waals surface area contributed by atoms with E-state index < -0.39 is 17.7 Å². The van der Waals surface area contributed by atoms with E-state index in [1.807, 2.05) is 0 Å². The largest absolute Gasteiger partial charge is 0.391 e. The molecule has 1 aromatic carbocycles. The van der Waals surface area contributed by atoms with Crippen molar-refractivity contribution in [1.82, 2.24) is 5.32 Å². The van der Waals surface area contributed by atoms with Gasteiger partial charge < -0.3 is 15.2 Å². The molecule has 5 heteroatoms. The van der Waals surface area contributed by atoms with Gasteiger partial charge >= 0.3 is 0 Å². The normalized spacial score (nSPS) is 12.7. The van der Waals surface area contributed by atoms with Crippen LogP contribution >= 0.6 is 0 Å².